The third kappa shape index (κ3) is 5.65. The molecule has 1 unspecified atom stereocenters. The third-order valence-corrected chi connectivity index (χ3v) is 4.99. The van der Waals surface area contributed by atoms with E-state index in [0.717, 1.165) is 12.8 Å². The minimum absolute atomic E-state index is 0.0969. The smallest absolute Gasteiger partial charge is 0.310 e. The summed E-state index contributed by atoms with van der Waals surface area (Å²) in [4.78, 5) is 48.9. The van der Waals surface area contributed by atoms with E-state index in [-0.39, 0.29) is 48.9 Å². The highest BCUT2D eigenvalue weighted by Crippen LogP contribution is 2.19. The fraction of sp³-hybridized carbons (Fsp3) is 0.476. The molecule has 0 spiro atoms. The lowest BCUT2D eigenvalue weighted by Gasteiger charge is -2.32. The van der Waals surface area contributed by atoms with E-state index in [0.29, 0.717) is 25.5 Å². The van der Waals surface area contributed by atoms with E-state index in [1.807, 2.05) is 0 Å². The Morgan fingerprint density at radius 1 is 1.33 bits per heavy atom. The lowest BCUT2D eigenvalue weighted by molar-refractivity contribution is -0.151. The van der Waals surface area contributed by atoms with Crippen molar-refractivity contribution in [1.29, 1.82) is 0 Å². The summed E-state index contributed by atoms with van der Waals surface area (Å²) in [5.74, 6) is -0.355. The van der Waals surface area contributed by atoms with Crippen LogP contribution < -0.4 is 0 Å². The Balaban J connectivity index is 1.62. The first kappa shape index (κ1) is 21.5. The highest BCUT2D eigenvalue weighted by atomic mass is 16.5. The maximum Gasteiger partial charge on any atom is 0.310 e. The van der Waals surface area contributed by atoms with Crippen molar-refractivity contribution in [3.63, 3.8) is 0 Å². The summed E-state index contributed by atoms with van der Waals surface area (Å²) in [5, 5.41) is 0. The predicted molar refractivity (Wildman–Crippen MR) is 106 cm³/mol. The summed E-state index contributed by atoms with van der Waals surface area (Å²) >= 11 is 0. The molecule has 2 amide bonds. The molecule has 30 heavy (non-hydrogen) atoms. The summed E-state index contributed by atoms with van der Waals surface area (Å²) in [6.45, 7) is 3.48. The maximum atomic E-state index is 12.9. The van der Waals surface area contributed by atoms with Crippen LogP contribution in [0.25, 0.3) is 0 Å². The average molecular weight is 414 g/mol. The van der Waals surface area contributed by atoms with Crippen molar-refractivity contribution < 1.29 is 23.5 Å². The number of hydrogen-bond donors (Lipinski definition) is 0. The van der Waals surface area contributed by atoms with E-state index in [2.05, 4.69) is 9.97 Å². The summed E-state index contributed by atoms with van der Waals surface area (Å²) in [5.41, 5.74) is 0.205. The van der Waals surface area contributed by atoms with Crippen molar-refractivity contribution in [2.75, 3.05) is 26.2 Å². The van der Waals surface area contributed by atoms with Gasteiger partial charge in [-0.25, -0.2) is 4.98 Å². The Bertz CT molecular complexity index is 840. The van der Waals surface area contributed by atoms with Crippen LogP contribution in [0.1, 0.15) is 42.4 Å². The van der Waals surface area contributed by atoms with Gasteiger partial charge in [-0.15, -0.1) is 0 Å². The third-order valence-electron chi connectivity index (χ3n) is 4.99. The van der Waals surface area contributed by atoms with E-state index in [1.54, 1.807) is 24.0 Å². The van der Waals surface area contributed by atoms with E-state index in [1.165, 1.54) is 29.8 Å². The van der Waals surface area contributed by atoms with Gasteiger partial charge >= 0.3 is 5.97 Å². The largest absolute Gasteiger partial charge is 0.467 e. The van der Waals surface area contributed by atoms with Gasteiger partial charge in [-0.3, -0.25) is 19.4 Å². The minimum Gasteiger partial charge on any atom is -0.467 e. The van der Waals surface area contributed by atoms with Gasteiger partial charge in [0.2, 0.25) is 5.91 Å². The first-order chi connectivity index (χ1) is 14.6. The van der Waals surface area contributed by atoms with Gasteiger partial charge in [0, 0.05) is 38.4 Å². The molecular weight excluding hydrogens is 388 g/mol. The van der Waals surface area contributed by atoms with Crippen molar-refractivity contribution in [1.82, 2.24) is 19.8 Å². The molecule has 9 heteroatoms. The molecule has 0 radical (unpaired) electrons. The second kappa shape index (κ2) is 10.5. The summed E-state index contributed by atoms with van der Waals surface area (Å²) < 4.78 is 10.5. The first-order valence-corrected chi connectivity index (χ1v) is 10.1. The topological polar surface area (TPSA) is 106 Å². The van der Waals surface area contributed by atoms with Crippen LogP contribution in [0.5, 0.6) is 0 Å². The number of rotatable bonds is 8. The minimum atomic E-state index is -0.324. The van der Waals surface area contributed by atoms with Crippen LogP contribution in [0.3, 0.4) is 0 Å². The van der Waals surface area contributed by atoms with Gasteiger partial charge in [-0.2, -0.15) is 0 Å². The molecule has 9 nitrogen and oxygen atoms in total. The average Bonchev–Trinajstić information content (AvgIpc) is 3.30. The zero-order valence-corrected chi connectivity index (χ0v) is 17.0. The maximum absolute atomic E-state index is 12.9. The molecule has 1 fully saturated rings. The summed E-state index contributed by atoms with van der Waals surface area (Å²) in [6.07, 6.45) is 7.49. The van der Waals surface area contributed by atoms with Crippen LogP contribution in [0, 0.1) is 5.92 Å². The molecule has 1 atom stereocenters. The van der Waals surface area contributed by atoms with Crippen molar-refractivity contribution in [2.45, 2.75) is 32.7 Å². The van der Waals surface area contributed by atoms with Gasteiger partial charge in [0.05, 0.1) is 31.5 Å². The molecule has 160 valence electrons. The highest BCUT2D eigenvalue weighted by molar-refractivity contribution is 5.92. The zero-order valence-electron chi connectivity index (χ0n) is 17.0. The molecule has 0 saturated carbocycles. The van der Waals surface area contributed by atoms with E-state index in [9.17, 15) is 14.4 Å². The SMILES string of the molecule is CCOC(=O)C1CCCN(C(=O)CCN(Cc2ccco2)C(=O)c2cnccn2)C1. The fourth-order valence-electron chi connectivity index (χ4n) is 3.46. The number of hydrogen-bond acceptors (Lipinski definition) is 7. The van der Waals surface area contributed by atoms with E-state index < -0.39 is 0 Å². The van der Waals surface area contributed by atoms with Crippen molar-refractivity contribution in [3.05, 3.63) is 48.4 Å². The standard InChI is InChI=1S/C21H26N4O5/c1-2-29-21(28)16-5-3-10-24(14-16)19(26)7-11-25(15-17-6-4-12-30-17)20(27)18-13-22-8-9-23-18/h4,6,8-9,12-13,16H,2-3,5,7,10-11,14-15H2,1H3. The Hall–Kier alpha value is -3.23. The van der Waals surface area contributed by atoms with Crippen LogP contribution in [0.2, 0.25) is 0 Å². The quantitative estimate of drug-likeness (QED) is 0.607. The van der Waals surface area contributed by atoms with Crippen molar-refractivity contribution >= 4 is 17.8 Å². The van der Waals surface area contributed by atoms with Crippen LogP contribution in [0.15, 0.2) is 41.4 Å². The van der Waals surface area contributed by atoms with Gasteiger partial charge in [-0.1, -0.05) is 0 Å². The molecule has 1 aliphatic heterocycles. The Morgan fingerprint density at radius 2 is 2.20 bits per heavy atom. The molecule has 3 heterocycles. The zero-order chi connectivity index (χ0) is 21.3. The number of likely N-dealkylation sites (tertiary alicyclic amines) is 1. The molecule has 0 aliphatic carbocycles. The highest BCUT2D eigenvalue weighted by Gasteiger charge is 2.30. The van der Waals surface area contributed by atoms with Crippen molar-refractivity contribution in [2.24, 2.45) is 5.92 Å². The number of ether oxygens (including phenoxy) is 1. The summed E-state index contributed by atoms with van der Waals surface area (Å²) in [7, 11) is 0. The second-order valence-corrected chi connectivity index (χ2v) is 7.08. The molecule has 2 aromatic rings. The molecular formula is C21H26N4O5. The molecule has 2 aromatic heterocycles. The first-order valence-electron chi connectivity index (χ1n) is 10.1. The number of amides is 2. The van der Waals surface area contributed by atoms with E-state index in [4.69, 9.17) is 9.15 Å². The number of piperidine rings is 1. The molecule has 0 bridgehead atoms. The Labute approximate surface area is 175 Å². The van der Waals surface area contributed by atoms with Crippen LogP contribution in [0.4, 0.5) is 0 Å². The lowest BCUT2D eigenvalue weighted by atomic mass is 9.98. The predicted octanol–water partition coefficient (Wildman–Crippen LogP) is 1.90. The number of esters is 1. The van der Waals surface area contributed by atoms with Gasteiger partial charge in [-0.05, 0) is 31.9 Å². The number of carbonyl (C=O) groups excluding carboxylic acids is 3. The van der Waals surface area contributed by atoms with Gasteiger partial charge in [0.1, 0.15) is 11.5 Å². The normalized spacial score (nSPS) is 16.2. The van der Waals surface area contributed by atoms with Gasteiger partial charge < -0.3 is 19.0 Å². The molecule has 1 aliphatic rings. The number of furan rings is 1. The molecule has 0 aromatic carbocycles. The van der Waals surface area contributed by atoms with Crippen molar-refractivity contribution in [3.8, 4) is 0 Å². The lowest BCUT2D eigenvalue weighted by Crippen LogP contribution is -2.44. The molecule has 3 rings (SSSR count). The van der Waals surface area contributed by atoms with Gasteiger partial charge in [0.15, 0.2) is 0 Å². The Morgan fingerprint density at radius 3 is 2.90 bits per heavy atom. The van der Waals surface area contributed by atoms with Gasteiger partial charge in [0.25, 0.3) is 5.91 Å². The van der Waals surface area contributed by atoms with Crippen LogP contribution in [-0.2, 0) is 20.9 Å². The Kier molecular flexibility index (Phi) is 7.53. The molecule has 1 saturated heterocycles. The van der Waals surface area contributed by atoms with Crippen LogP contribution >= 0.6 is 0 Å². The second-order valence-electron chi connectivity index (χ2n) is 7.08. The summed E-state index contributed by atoms with van der Waals surface area (Å²) in [6, 6.07) is 3.52. The van der Waals surface area contributed by atoms with Crippen LogP contribution in [-0.4, -0.2) is 63.8 Å². The fourth-order valence-corrected chi connectivity index (χ4v) is 3.46. The number of nitrogens with zero attached hydrogens (tertiary/aromatic N) is 4. The monoisotopic (exact) mass is 414 g/mol. The number of carbonyl (C=O) groups is 3. The number of aromatic nitrogens is 2. The van der Waals surface area contributed by atoms with E-state index >= 15 is 0 Å². The molecule has 0 N–H and O–H groups in total.